The topological polar surface area (TPSA) is 132 Å². The van der Waals surface area contributed by atoms with E-state index in [0.29, 0.717) is 0 Å². The molecule has 0 bridgehead atoms. The van der Waals surface area contributed by atoms with Crippen LogP contribution < -0.4 is 0 Å². The zero-order valence-corrected chi connectivity index (χ0v) is 4.53. The SMILES string of the molecule is O.O=C(O)OC(=O)C(=O)O. The molecular weight excluding hydrogens is 148 g/mol. The van der Waals surface area contributed by atoms with Crippen molar-refractivity contribution in [3.8, 4) is 0 Å². The van der Waals surface area contributed by atoms with Crippen molar-refractivity contribution >= 4 is 18.1 Å². The van der Waals surface area contributed by atoms with Gasteiger partial charge in [0.25, 0.3) is 0 Å². The molecule has 7 heteroatoms. The maximum Gasteiger partial charge on any atom is 0.514 e. The number of rotatable bonds is 0. The largest absolute Gasteiger partial charge is 0.514 e. The predicted octanol–water partition coefficient (Wildman–Crippen LogP) is -1.53. The summed E-state index contributed by atoms with van der Waals surface area (Å²) in [6.45, 7) is 0. The zero-order chi connectivity index (χ0) is 7.44. The molecule has 10 heavy (non-hydrogen) atoms. The van der Waals surface area contributed by atoms with Gasteiger partial charge < -0.3 is 20.4 Å². The van der Waals surface area contributed by atoms with E-state index in [0.717, 1.165) is 0 Å². The van der Waals surface area contributed by atoms with Crippen LogP contribution in [0.25, 0.3) is 0 Å². The summed E-state index contributed by atoms with van der Waals surface area (Å²) >= 11 is 0. The van der Waals surface area contributed by atoms with Crippen LogP contribution in [0.2, 0.25) is 0 Å². The summed E-state index contributed by atoms with van der Waals surface area (Å²) < 4.78 is 3.19. The van der Waals surface area contributed by atoms with E-state index in [9.17, 15) is 14.4 Å². The molecule has 0 unspecified atom stereocenters. The highest BCUT2D eigenvalue weighted by Gasteiger charge is 2.16. The fourth-order valence-corrected chi connectivity index (χ4v) is 0.123. The van der Waals surface area contributed by atoms with Gasteiger partial charge in [-0.1, -0.05) is 0 Å². The maximum absolute atomic E-state index is 9.75. The highest BCUT2D eigenvalue weighted by Crippen LogP contribution is 1.77. The Labute approximate surface area is 54.1 Å². The third kappa shape index (κ3) is 4.53. The molecule has 0 fully saturated rings. The van der Waals surface area contributed by atoms with Crippen LogP contribution >= 0.6 is 0 Å². The van der Waals surface area contributed by atoms with Gasteiger partial charge in [0.2, 0.25) is 0 Å². The molecule has 0 saturated heterocycles. The summed E-state index contributed by atoms with van der Waals surface area (Å²) in [7, 11) is 0. The minimum atomic E-state index is -1.93. The molecule has 0 atom stereocenters. The van der Waals surface area contributed by atoms with Crippen molar-refractivity contribution < 1.29 is 34.8 Å². The Morgan fingerprint density at radius 2 is 1.50 bits per heavy atom. The Bertz CT molecular complexity index is 158. The smallest absolute Gasteiger partial charge is 0.473 e. The maximum atomic E-state index is 9.75. The third-order valence-corrected chi connectivity index (χ3v) is 0.355. The second-order valence-corrected chi connectivity index (χ2v) is 0.961. The second kappa shape index (κ2) is 4.27. The lowest BCUT2D eigenvalue weighted by Gasteiger charge is -1.88. The third-order valence-electron chi connectivity index (χ3n) is 0.355. The van der Waals surface area contributed by atoms with E-state index >= 15 is 0 Å². The van der Waals surface area contributed by atoms with Crippen LogP contribution in [0.15, 0.2) is 0 Å². The Kier molecular flexibility index (Phi) is 4.78. The van der Waals surface area contributed by atoms with Crippen molar-refractivity contribution in [3.05, 3.63) is 0 Å². The fourth-order valence-electron chi connectivity index (χ4n) is 0.123. The number of hydrogen-bond acceptors (Lipinski definition) is 4. The van der Waals surface area contributed by atoms with Crippen molar-refractivity contribution in [2.45, 2.75) is 0 Å². The van der Waals surface area contributed by atoms with E-state index in [1.165, 1.54) is 0 Å². The molecule has 0 heterocycles. The van der Waals surface area contributed by atoms with Crippen LogP contribution in [-0.2, 0) is 14.3 Å². The first-order chi connectivity index (χ1) is 4.04. The Morgan fingerprint density at radius 1 is 1.10 bits per heavy atom. The molecule has 0 aliphatic rings. The lowest BCUT2D eigenvalue weighted by atomic mass is 10.7. The van der Waals surface area contributed by atoms with Gasteiger partial charge in [-0.2, -0.15) is 0 Å². The van der Waals surface area contributed by atoms with E-state index < -0.39 is 18.1 Å². The molecule has 0 aliphatic heterocycles. The molecule has 0 aromatic carbocycles. The Balaban J connectivity index is 0. The van der Waals surface area contributed by atoms with Gasteiger partial charge in [0.1, 0.15) is 0 Å². The summed E-state index contributed by atoms with van der Waals surface area (Å²) in [4.78, 5) is 28.7. The number of carbonyl (C=O) groups is 3. The van der Waals surface area contributed by atoms with Gasteiger partial charge in [0.05, 0.1) is 0 Å². The molecular formula is C3H4O7. The molecule has 0 aromatic rings. The average molecular weight is 152 g/mol. The number of ether oxygens (including phenoxy) is 1. The normalized spacial score (nSPS) is 7.20. The van der Waals surface area contributed by atoms with Crippen LogP contribution in [0.1, 0.15) is 0 Å². The lowest BCUT2D eigenvalue weighted by Crippen LogP contribution is -2.19. The molecule has 0 spiro atoms. The molecule has 0 aliphatic carbocycles. The molecule has 58 valence electrons. The first kappa shape index (κ1) is 11.2. The summed E-state index contributed by atoms with van der Waals surface area (Å²) in [5, 5.41) is 15.3. The molecule has 0 radical (unpaired) electrons. The summed E-state index contributed by atoms with van der Waals surface area (Å²) in [5.74, 6) is -3.74. The monoisotopic (exact) mass is 152 g/mol. The van der Waals surface area contributed by atoms with Crippen molar-refractivity contribution in [2.75, 3.05) is 0 Å². The Morgan fingerprint density at radius 3 is 1.60 bits per heavy atom. The predicted molar refractivity (Wildman–Crippen MR) is 25.4 cm³/mol. The average Bonchev–Trinajstić information content (AvgIpc) is 1.63. The number of hydrogen-bond donors (Lipinski definition) is 2. The van der Waals surface area contributed by atoms with E-state index in [-0.39, 0.29) is 5.48 Å². The minimum Gasteiger partial charge on any atom is -0.473 e. The highest BCUT2D eigenvalue weighted by atomic mass is 16.7. The molecule has 0 saturated carbocycles. The quantitative estimate of drug-likeness (QED) is 0.245. The van der Waals surface area contributed by atoms with Gasteiger partial charge in [0.15, 0.2) is 0 Å². The molecule has 0 rings (SSSR count). The summed E-state index contributed by atoms with van der Waals surface area (Å²) in [6, 6.07) is 0. The van der Waals surface area contributed by atoms with Crippen molar-refractivity contribution in [1.82, 2.24) is 0 Å². The van der Waals surface area contributed by atoms with E-state index in [1.807, 2.05) is 0 Å². The van der Waals surface area contributed by atoms with Crippen LogP contribution in [0.5, 0.6) is 0 Å². The van der Waals surface area contributed by atoms with Gasteiger partial charge >= 0.3 is 18.1 Å². The van der Waals surface area contributed by atoms with Crippen molar-refractivity contribution in [3.63, 3.8) is 0 Å². The lowest BCUT2D eigenvalue weighted by molar-refractivity contribution is -0.160. The van der Waals surface area contributed by atoms with Gasteiger partial charge in [-0.05, 0) is 0 Å². The first-order valence-corrected chi connectivity index (χ1v) is 1.72. The first-order valence-electron chi connectivity index (χ1n) is 1.72. The van der Waals surface area contributed by atoms with Crippen LogP contribution in [0, 0.1) is 0 Å². The van der Waals surface area contributed by atoms with Gasteiger partial charge in [-0.15, -0.1) is 0 Å². The number of carboxylic acids is 1. The molecule has 4 N–H and O–H groups in total. The zero-order valence-electron chi connectivity index (χ0n) is 4.53. The highest BCUT2D eigenvalue weighted by molar-refractivity contribution is 6.30. The van der Waals surface area contributed by atoms with Crippen LogP contribution in [0.3, 0.4) is 0 Å². The number of aliphatic carboxylic acids is 1. The number of carbonyl (C=O) groups excluding carboxylic acids is 1. The van der Waals surface area contributed by atoms with Crippen LogP contribution in [-0.4, -0.2) is 33.8 Å². The fraction of sp³-hybridized carbons (Fsp3) is 0. The molecule has 7 nitrogen and oxygen atoms in total. The molecule has 0 amide bonds. The Hall–Kier alpha value is -1.63. The van der Waals surface area contributed by atoms with Crippen LogP contribution in [0.4, 0.5) is 4.79 Å². The summed E-state index contributed by atoms with van der Waals surface area (Å²) in [5.41, 5.74) is 0. The summed E-state index contributed by atoms with van der Waals surface area (Å²) in [6.07, 6.45) is -1.93. The van der Waals surface area contributed by atoms with Gasteiger partial charge in [0, 0.05) is 0 Å². The van der Waals surface area contributed by atoms with Crippen molar-refractivity contribution in [2.24, 2.45) is 0 Å². The second-order valence-electron chi connectivity index (χ2n) is 0.961. The van der Waals surface area contributed by atoms with E-state index in [2.05, 4.69) is 4.74 Å². The standard InChI is InChI=1S/C3H2O6.H2O/c4-1(5)2(6)9-3(7)8;/h(H,4,5)(H,7,8);1H2. The van der Waals surface area contributed by atoms with E-state index in [1.54, 1.807) is 0 Å². The van der Waals surface area contributed by atoms with E-state index in [4.69, 9.17) is 10.2 Å². The minimum absolute atomic E-state index is 0. The number of esters is 1. The molecule has 0 aromatic heterocycles. The number of carboxylic acid groups (broad SMARTS) is 2. The van der Waals surface area contributed by atoms with Crippen molar-refractivity contribution in [1.29, 1.82) is 0 Å². The van der Waals surface area contributed by atoms with Gasteiger partial charge in [-0.3, -0.25) is 0 Å². The van der Waals surface area contributed by atoms with Gasteiger partial charge in [-0.25, -0.2) is 14.4 Å².